The minimum Gasteiger partial charge on any atom is -0.508 e. The summed E-state index contributed by atoms with van der Waals surface area (Å²) in [6.45, 7) is 0. The Labute approximate surface area is 588 Å². The van der Waals surface area contributed by atoms with Crippen molar-refractivity contribution >= 4 is 0 Å². The summed E-state index contributed by atoms with van der Waals surface area (Å²) in [4.78, 5) is 0. The van der Waals surface area contributed by atoms with Gasteiger partial charge < -0.3 is 151 Å². The zero-order valence-electron chi connectivity index (χ0n) is 53.5. The molecule has 2 bridgehead atoms. The molecule has 0 unspecified atom stereocenters. The van der Waals surface area contributed by atoms with Crippen molar-refractivity contribution in [2.75, 3.05) is 0 Å². The Morgan fingerprint density at radius 2 is 0.629 bits per heavy atom. The number of aliphatic hydroxyl groups excluding tert-OH is 5. The number of ether oxygens (including phenoxy) is 6. The number of fused-ring (bicyclic) bond motifs is 11. The lowest BCUT2D eigenvalue weighted by Gasteiger charge is -2.52. The van der Waals surface area contributed by atoms with Crippen LogP contribution in [0.1, 0.15) is 126 Å². The van der Waals surface area contributed by atoms with E-state index in [4.69, 9.17) is 28.4 Å². The Kier molecular flexibility index (Phi) is 14.9. The quantitative estimate of drug-likeness (QED) is 0.0672. The number of aromatic hydroxyl groups is 19. The second-order valence-corrected chi connectivity index (χ2v) is 26.5. The summed E-state index contributed by atoms with van der Waals surface area (Å²) in [6, 6.07) is 21.3. The van der Waals surface area contributed by atoms with Gasteiger partial charge in [-0.15, -0.1) is 0 Å². The first-order valence-corrected chi connectivity index (χ1v) is 32.2. The van der Waals surface area contributed by atoms with Crippen LogP contribution in [-0.4, -0.2) is 153 Å². The topological polar surface area (TPSA) is 541 Å². The van der Waals surface area contributed by atoms with Crippen molar-refractivity contribution in [1.82, 2.24) is 0 Å². The van der Waals surface area contributed by atoms with Gasteiger partial charge >= 0.3 is 5.79 Å². The van der Waals surface area contributed by atoms with E-state index < -0.39 is 273 Å². The van der Waals surface area contributed by atoms with E-state index in [0.29, 0.717) is 0 Å². The van der Waals surface area contributed by atoms with Crippen LogP contribution in [0.3, 0.4) is 0 Å². The van der Waals surface area contributed by atoms with Gasteiger partial charge in [0, 0.05) is 98.5 Å². The van der Waals surface area contributed by atoms with Gasteiger partial charge in [0.1, 0.15) is 117 Å². The van der Waals surface area contributed by atoms with Crippen LogP contribution in [0.25, 0.3) is 0 Å². The van der Waals surface area contributed by atoms with Crippen LogP contribution in [0, 0.1) is 0 Å². The molecule has 0 radical (unpaired) electrons. The third-order valence-electron chi connectivity index (χ3n) is 20.5. The average molecular weight is 1440 g/mol. The number of hydrogen-bond donors (Lipinski definition) is 24. The number of rotatable bonds is 8. The van der Waals surface area contributed by atoms with Crippen LogP contribution in [-0.2, 0) is 12.2 Å². The van der Waals surface area contributed by atoms with Crippen LogP contribution >= 0.6 is 0 Å². The van der Waals surface area contributed by atoms with E-state index in [0.717, 1.165) is 103 Å². The second-order valence-electron chi connectivity index (χ2n) is 26.5. The van der Waals surface area contributed by atoms with Crippen molar-refractivity contribution < 1.29 is 151 Å². The van der Waals surface area contributed by atoms with E-state index in [1.807, 2.05) is 0 Å². The first-order valence-electron chi connectivity index (χ1n) is 32.2. The molecule has 105 heavy (non-hydrogen) atoms. The molecule has 10 aromatic carbocycles. The summed E-state index contributed by atoms with van der Waals surface area (Å²) in [5.74, 6) is -28.8. The highest BCUT2D eigenvalue weighted by molar-refractivity contribution is 5.76. The van der Waals surface area contributed by atoms with Gasteiger partial charge in [0.2, 0.25) is 0 Å². The summed E-state index contributed by atoms with van der Waals surface area (Å²) in [5.41, 5.74) is -5.07. The zero-order valence-corrected chi connectivity index (χ0v) is 53.5. The Hall–Kier alpha value is -13.0. The summed E-state index contributed by atoms with van der Waals surface area (Å²) in [5, 5.41) is 282. The Morgan fingerprint density at radius 1 is 0.267 bits per heavy atom. The van der Waals surface area contributed by atoms with Crippen LogP contribution in [0.15, 0.2) is 127 Å². The highest BCUT2D eigenvalue weighted by Crippen LogP contribution is 2.69. The first-order chi connectivity index (χ1) is 49.9. The zero-order chi connectivity index (χ0) is 74.3. The molecule has 0 aromatic heterocycles. The van der Waals surface area contributed by atoms with Gasteiger partial charge in [0.05, 0.1) is 29.8 Å². The van der Waals surface area contributed by atoms with Gasteiger partial charge in [-0.1, -0.05) is 24.3 Å². The molecular weight excluding hydrogens is 1380 g/mol. The Morgan fingerprint density at radius 3 is 1.10 bits per heavy atom. The molecule has 0 aliphatic carbocycles. The Bertz CT molecular complexity index is 5350. The molecule has 0 amide bonds. The molecule has 30 heteroatoms. The fraction of sp³-hybridized carbons (Fsp3) is 0.200. The van der Waals surface area contributed by atoms with E-state index in [-0.39, 0.29) is 39.1 Å². The van der Waals surface area contributed by atoms with Crippen molar-refractivity contribution in [2.24, 2.45) is 0 Å². The fourth-order valence-corrected chi connectivity index (χ4v) is 15.8. The largest absolute Gasteiger partial charge is 0.508 e. The fourth-order valence-electron chi connectivity index (χ4n) is 15.8. The van der Waals surface area contributed by atoms with Crippen molar-refractivity contribution in [3.63, 3.8) is 0 Å². The molecule has 16 rings (SSSR count). The van der Waals surface area contributed by atoms with Crippen molar-refractivity contribution in [2.45, 2.75) is 90.8 Å². The maximum absolute atomic E-state index is 13.6. The van der Waals surface area contributed by atoms with E-state index >= 15 is 0 Å². The molecule has 0 fully saturated rings. The molecule has 0 saturated carbocycles. The molecule has 6 aliphatic heterocycles. The molecule has 6 aliphatic rings. The van der Waals surface area contributed by atoms with Gasteiger partial charge in [-0.25, -0.2) is 0 Å². The molecule has 14 atom stereocenters. The van der Waals surface area contributed by atoms with Gasteiger partial charge in [0.15, 0.2) is 75.8 Å². The smallest absolute Gasteiger partial charge is 0.305 e. The molecule has 540 valence electrons. The molecule has 6 heterocycles. The highest BCUT2D eigenvalue weighted by atomic mass is 16.7. The number of phenols is 19. The lowest BCUT2D eigenvalue weighted by molar-refractivity contribution is -0.219. The summed E-state index contributed by atoms with van der Waals surface area (Å²) in [7, 11) is 0. The van der Waals surface area contributed by atoms with Crippen LogP contribution in [0.4, 0.5) is 0 Å². The minimum absolute atomic E-state index is 0.0427. The number of hydrogen-bond acceptors (Lipinski definition) is 30. The SMILES string of the molecule is Oc1cc(O)c2c(c1)O[C@H](c1ccc(O)c(O)c1)[C@H](O)[C@H]2c1c(O)cc(O)c2c1O[C@H](c1ccc(O)c(O)c1)[C@H](O)[C@H]2c1c(O)cc(O)c2c1O[C@@]1(c3ccc(O)c(O)c3)Oc3cc(O)c4c(c3[C@@H]2[C@H]1O)O[C@H](c1ccc(O)c(O)c1)[C@H](O)[C@H]4c1c(O)cc(O)c2c1O[C@H](c1ccc(O)c(O)c1)[C@@H](O)C2. The number of aliphatic hydroxyl groups is 5. The van der Waals surface area contributed by atoms with Crippen molar-refractivity contribution in [1.29, 1.82) is 0 Å². The lowest BCUT2D eigenvalue weighted by atomic mass is 9.69. The number of phenolic OH excluding ortho intramolecular Hbond substituents is 19. The predicted molar refractivity (Wildman–Crippen MR) is 354 cm³/mol. The third-order valence-corrected chi connectivity index (χ3v) is 20.5. The molecule has 24 N–H and O–H groups in total. The lowest BCUT2D eigenvalue weighted by Crippen LogP contribution is -2.58. The van der Waals surface area contributed by atoms with E-state index in [1.54, 1.807) is 0 Å². The maximum atomic E-state index is 13.6. The standard InChI is InChI=1S/C75H60O30/c76-28-16-41(88)51-49(17-28)100-67(24-2-7-31(78)37(84)12-24)63(96)59(51)53-43(90)20-44(91)54-61(65(98)68(102-71(53)54)25-3-8-32(79)38(85)13-25)56-45(92)21-46(93)57-62-58-50(104-75(74(62)99,105-73(56)57)27-5-10-34(81)40(87)15-27)22-47(94)55-60(64(97)69(103-72(55)58)26-4-9-33(80)39(86)14-26)52-42(89)19-35(82)29-18-48(95)66(101-70(29)52)23-1-6-30(77)36(83)11-23/h1-17,19-22,48,59-69,74,76-99H,18H2/t48-,59+,60-,61+,62+,63+,64+,65+,66+,67+,68+,69+,74+,75+/m0/s1. The van der Waals surface area contributed by atoms with Crippen molar-refractivity contribution in [3.8, 4) is 144 Å². The second kappa shape index (κ2) is 23.5. The minimum atomic E-state index is -2.91. The maximum Gasteiger partial charge on any atom is 0.305 e. The molecule has 10 aromatic rings. The highest BCUT2D eigenvalue weighted by Gasteiger charge is 2.63. The number of benzene rings is 10. The van der Waals surface area contributed by atoms with E-state index in [2.05, 4.69) is 0 Å². The summed E-state index contributed by atoms with van der Waals surface area (Å²) >= 11 is 0. The van der Waals surface area contributed by atoms with Gasteiger partial charge in [-0.3, -0.25) is 0 Å². The third kappa shape index (κ3) is 9.89. The van der Waals surface area contributed by atoms with E-state index in [9.17, 15) is 123 Å². The molecule has 30 nitrogen and oxygen atoms in total. The van der Waals surface area contributed by atoms with Gasteiger partial charge in [-0.2, -0.15) is 0 Å². The summed E-state index contributed by atoms with van der Waals surface area (Å²) < 4.78 is 40.0. The van der Waals surface area contributed by atoms with Crippen molar-refractivity contribution in [3.05, 3.63) is 205 Å². The normalized spacial score (nSPS) is 25.1. The monoisotopic (exact) mass is 1440 g/mol. The molecule has 0 saturated heterocycles. The first kappa shape index (κ1) is 66.5. The van der Waals surface area contributed by atoms with Gasteiger partial charge in [0.25, 0.3) is 0 Å². The average Bonchev–Trinajstić information content (AvgIpc) is 0.690. The Balaban J connectivity index is 0.966. The van der Waals surface area contributed by atoms with Crippen LogP contribution < -0.4 is 28.4 Å². The van der Waals surface area contributed by atoms with Crippen LogP contribution in [0.5, 0.6) is 144 Å². The van der Waals surface area contributed by atoms with E-state index in [1.165, 1.54) is 24.3 Å². The summed E-state index contributed by atoms with van der Waals surface area (Å²) in [6.07, 6.45) is -17.7. The molecular formula is C75H60O30. The predicted octanol–water partition coefficient (Wildman–Crippen LogP) is 7.14. The van der Waals surface area contributed by atoms with Crippen LogP contribution in [0.2, 0.25) is 0 Å². The molecule has 0 spiro atoms. The van der Waals surface area contributed by atoms with Gasteiger partial charge in [-0.05, 0) is 89.0 Å².